The monoisotopic (exact) mass is 206 g/mol. The molecule has 3 heteroatoms. The van der Waals surface area contributed by atoms with E-state index in [1.807, 2.05) is 6.92 Å². The highest BCUT2D eigenvalue weighted by molar-refractivity contribution is 5.30. The number of rotatable bonds is 3. The Morgan fingerprint density at radius 2 is 2.27 bits per heavy atom. The average Bonchev–Trinajstić information content (AvgIpc) is 2.24. The van der Waals surface area contributed by atoms with Crippen molar-refractivity contribution < 1.29 is 4.39 Å². The summed E-state index contributed by atoms with van der Waals surface area (Å²) in [5.74, 6) is 10.9. The molecule has 80 valence electrons. The first-order valence-corrected chi connectivity index (χ1v) is 4.80. The van der Waals surface area contributed by atoms with Gasteiger partial charge in [-0.1, -0.05) is 6.07 Å². The topological polar surface area (TPSA) is 38.0 Å². The van der Waals surface area contributed by atoms with Crippen LogP contribution in [0.4, 0.5) is 4.39 Å². The molecule has 15 heavy (non-hydrogen) atoms. The molecule has 0 saturated carbocycles. The van der Waals surface area contributed by atoms with Crippen LogP contribution in [0.15, 0.2) is 18.2 Å². The molecule has 1 aromatic rings. The zero-order chi connectivity index (χ0) is 11.3. The number of nitrogens with two attached hydrogens (primary N) is 1. The Kier molecular flexibility index (Phi) is 4.29. The van der Waals surface area contributed by atoms with Gasteiger partial charge in [-0.3, -0.25) is 11.3 Å². The van der Waals surface area contributed by atoms with Gasteiger partial charge in [0.2, 0.25) is 0 Å². The normalized spacial score (nSPS) is 11.7. The van der Waals surface area contributed by atoms with Crippen LogP contribution in [-0.2, 0) is 0 Å². The molecule has 1 atom stereocenters. The zero-order valence-electron chi connectivity index (χ0n) is 8.97. The molecular formula is C12H15FN2. The van der Waals surface area contributed by atoms with Gasteiger partial charge in [-0.2, -0.15) is 0 Å². The van der Waals surface area contributed by atoms with Gasteiger partial charge < -0.3 is 0 Å². The summed E-state index contributed by atoms with van der Waals surface area (Å²) in [5, 5.41) is 0. The van der Waals surface area contributed by atoms with Crippen LogP contribution < -0.4 is 11.3 Å². The fraction of sp³-hybridized carbons (Fsp3) is 0.333. The lowest BCUT2D eigenvalue weighted by Crippen LogP contribution is -2.28. The van der Waals surface area contributed by atoms with Crippen molar-refractivity contribution in [2.75, 3.05) is 0 Å². The number of hydrogen-bond donors (Lipinski definition) is 2. The van der Waals surface area contributed by atoms with Crippen LogP contribution in [-0.4, -0.2) is 0 Å². The van der Waals surface area contributed by atoms with Crippen LogP contribution in [0.1, 0.15) is 30.5 Å². The van der Waals surface area contributed by atoms with Crippen molar-refractivity contribution in [3.05, 3.63) is 35.1 Å². The summed E-state index contributed by atoms with van der Waals surface area (Å²) >= 11 is 0. The second-order valence-corrected chi connectivity index (χ2v) is 3.35. The summed E-state index contributed by atoms with van der Waals surface area (Å²) in [7, 11) is 0. The molecule has 1 rings (SSSR count). The SMILES string of the molecule is CC#CCC(NN)c1cc(F)ccc1C. The standard InChI is InChI=1S/C12H15FN2/c1-3-4-5-12(15-14)11-8-10(13)7-6-9(11)2/h6-8,12,15H,5,14H2,1-2H3. The van der Waals surface area contributed by atoms with Crippen LogP contribution in [0.5, 0.6) is 0 Å². The predicted octanol–water partition coefficient (Wildman–Crippen LogP) is 2.05. The summed E-state index contributed by atoms with van der Waals surface area (Å²) in [6.07, 6.45) is 0.581. The second kappa shape index (κ2) is 5.50. The first-order valence-electron chi connectivity index (χ1n) is 4.80. The Bertz CT molecular complexity index is 390. The molecule has 0 aliphatic heterocycles. The molecule has 0 radical (unpaired) electrons. The number of benzene rings is 1. The van der Waals surface area contributed by atoms with Crippen LogP contribution in [0.25, 0.3) is 0 Å². The van der Waals surface area contributed by atoms with Gasteiger partial charge in [0, 0.05) is 6.42 Å². The maximum atomic E-state index is 13.1. The molecule has 0 spiro atoms. The molecule has 2 nitrogen and oxygen atoms in total. The van der Waals surface area contributed by atoms with Crippen molar-refractivity contribution >= 4 is 0 Å². The lowest BCUT2D eigenvalue weighted by molar-refractivity contribution is 0.555. The maximum absolute atomic E-state index is 13.1. The molecule has 0 saturated heterocycles. The first-order chi connectivity index (χ1) is 7.19. The van der Waals surface area contributed by atoms with Crippen molar-refractivity contribution in [1.29, 1.82) is 0 Å². The third kappa shape index (κ3) is 3.05. The Morgan fingerprint density at radius 1 is 1.53 bits per heavy atom. The van der Waals surface area contributed by atoms with E-state index in [1.165, 1.54) is 12.1 Å². The van der Waals surface area contributed by atoms with Crippen LogP contribution >= 0.6 is 0 Å². The van der Waals surface area contributed by atoms with Gasteiger partial charge in [0.1, 0.15) is 5.82 Å². The van der Waals surface area contributed by atoms with Gasteiger partial charge in [-0.05, 0) is 37.1 Å². The van der Waals surface area contributed by atoms with E-state index in [-0.39, 0.29) is 11.9 Å². The third-order valence-electron chi connectivity index (χ3n) is 2.30. The summed E-state index contributed by atoms with van der Waals surface area (Å²) in [5.41, 5.74) is 4.52. The van der Waals surface area contributed by atoms with E-state index < -0.39 is 0 Å². The lowest BCUT2D eigenvalue weighted by atomic mass is 9.99. The number of halogens is 1. The minimum Gasteiger partial charge on any atom is -0.271 e. The number of hydrogen-bond acceptors (Lipinski definition) is 2. The van der Waals surface area contributed by atoms with Crippen molar-refractivity contribution in [1.82, 2.24) is 5.43 Å². The van der Waals surface area contributed by atoms with Crippen molar-refractivity contribution in [2.45, 2.75) is 26.3 Å². The van der Waals surface area contributed by atoms with E-state index in [2.05, 4.69) is 17.3 Å². The van der Waals surface area contributed by atoms with Crippen molar-refractivity contribution in [3.63, 3.8) is 0 Å². The van der Waals surface area contributed by atoms with E-state index in [0.29, 0.717) is 6.42 Å². The highest BCUT2D eigenvalue weighted by atomic mass is 19.1. The minimum atomic E-state index is -0.250. The summed E-state index contributed by atoms with van der Waals surface area (Å²) in [6, 6.07) is 4.57. The summed E-state index contributed by atoms with van der Waals surface area (Å²) < 4.78 is 13.1. The van der Waals surface area contributed by atoms with E-state index in [0.717, 1.165) is 11.1 Å². The smallest absolute Gasteiger partial charge is 0.123 e. The van der Waals surface area contributed by atoms with E-state index >= 15 is 0 Å². The van der Waals surface area contributed by atoms with E-state index in [9.17, 15) is 4.39 Å². The van der Waals surface area contributed by atoms with Gasteiger partial charge in [-0.25, -0.2) is 4.39 Å². The number of aryl methyl sites for hydroxylation is 1. The molecule has 0 aliphatic rings. The Morgan fingerprint density at radius 3 is 2.87 bits per heavy atom. The third-order valence-corrected chi connectivity index (χ3v) is 2.30. The quantitative estimate of drug-likeness (QED) is 0.451. The van der Waals surface area contributed by atoms with Gasteiger partial charge in [0.05, 0.1) is 6.04 Å². The second-order valence-electron chi connectivity index (χ2n) is 3.35. The summed E-state index contributed by atoms with van der Waals surface area (Å²) in [6.45, 7) is 3.70. The van der Waals surface area contributed by atoms with Gasteiger partial charge in [0.15, 0.2) is 0 Å². The summed E-state index contributed by atoms with van der Waals surface area (Å²) in [4.78, 5) is 0. The highest BCUT2D eigenvalue weighted by Crippen LogP contribution is 2.20. The Labute approximate surface area is 89.6 Å². The van der Waals surface area contributed by atoms with E-state index in [1.54, 1.807) is 13.0 Å². The lowest BCUT2D eigenvalue weighted by Gasteiger charge is -2.15. The van der Waals surface area contributed by atoms with Gasteiger partial charge in [0.25, 0.3) is 0 Å². The number of hydrazine groups is 1. The number of nitrogens with one attached hydrogen (secondary N) is 1. The van der Waals surface area contributed by atoms with Crippen LogP contribution in [0.2, 0.25) is 0 Å². The van der Waals surface area contributed by atoms with Crippen molar-refractivity contribution in [2.24, 2.45) is 5.84 Å². The maximum Gasteiger partial charge on any atom is 0.123 e. The first kappa shape index (κ1) is 11.7. The minimum absolute atomic E-state index is 0.117. The Balaban J connectivity index is 2.98. The molecule has 0 fully saturated rings. The Hall–Kier alpha value is -1.37. The van der Waals surface area contributed by atoms with Crippen molar-refractivity contribution in [3.8, 4) is 11.8 Å². The molecule has 0 aromatic heterocycles. The average molecular weight is 206 g/mol. The molecule has 0 bridgehead atoms. The largest absolute Gasteiger partial charge is 0.271 e. The fourth-order valence-corrected chi connectivity index (χ4v) is 1.45. The molecule has 3 N–H and O–H groups in total. The zero-order valence-corrected chi connectivity index (χ0v) is 8.97. The molecule has 1 unspecified atom stereocenters. The van der Waals surface area contributed by atoms with Crippen LogP contribution in [0, 0.1) is 24.6 Å². The molecule has 0 aliphatic carbocycles. The highest BCUT2D eigenvalue weighted by Gasteiger charge is 2.11. The van der Waals surface area contributed by atoms with E-state index in [4.69, 9.17) is 5.84 Å². The predicted molar refractivity (Wildman–Crippen MR) is 59.3 cm³/mol. The van der Waals surface area contributed by atoms with Crippen LogP contribution in [0.3, 0.4) is 0 Å². The molecule has 0 heterocycles. The van der Waals surface area contributed by atoms with Gasteiger partial charge >= 0.3 is 0 Å². The molecule has 1 aromatic carbocycles. The molecule has 0 amide bonds. The fourth-order valence-electron chi connectivity index (χ4n) is 1.45. The molecular weight excluding hydrogens is 191 g/mol. The van der Waals surface area contributed by atoms with Gasteiger partial charge in [-0.15, -0.1) is 11.8 Å².